The Morgan fingerprint density at radius 1 is 0.279 bits per heavy atom. The van der Waals surface area contributed by atoms with E-state index in [0.29, 0.717) is 0 Å². The van der Waals surface area contributed by atoms with E-state index >= 15 is 0 Å². The summed E-state index contributed by atoms with van der Waals surface area (Å²) in [6.07, 6.45) is 0. The van der Waals surface area contributed by atoms with Gasteiger partial charge in [0.25, 0.3) is 0 Å². The smallest absolute Gasteiger partial charge is 0.143 e. The third kappa shape index (κ3) is 5.98. The SMILES string of the molecule is c1cc(-c2cccc(N(c3ccc(-c4cccc5c4oc4ccccc45)cc3)c3ccc(-c4cccc5oc6ccccc6c45)cc3)c2)cc(-c2cccc3ccccc23)c1. The van der Waals surface area contributed by atoms with Crippen LogP contribution in [-0.2, 0) is 0 Å². The Hall–Kier alpha value is -8.14. The van der Waals surface area contributed by atoms with E-state index in [4.69, 9.17) is 8.83 Å². The molecule has 0 spiro atoms. The molecule has 286 valence electrons. The highest BCUT2D eigenvalue weighted by atomic mass is 16.3. The quantitative estimate of drug-likeness (QED) is 0.161. The van der Waals surface area contributed by atoms with Crippen molar-refractivity contribution >= 4 is 71.7 Å². The summed E-state index contributed by atoms with van der Waals surface area (Å²) in [5.41, 5.74) is 16.0. The van der Waals surface area contributed by atoms with E-state index in [1.807, 2.05) is 24.3 Å². The molecular weight excluding hydrogens is 743 g/mol. The fraction of sp³-hybridized carbons (Fsp3) is 0. The standard InChI is InChI=1S/C58H37NO2/c1-2-18-47-38(12-1)13-9-21-48(47)43-16-7-14-41(36-43)42-15-8-17-46(37-42)59(44-32-28-39(29-33-44)49-22-11-27-56-57(49)53-20-4-6-26-55(53)60-56)45-34-30-40(31-35-45)50-23-10-24-52-51-19-3-5-25-54(51)61-58(50)52/h1-37H. The maximum absolute atomic E-state index is 6.44. The number of para-hydroxylation sites is 3. The predicted octanol–water partition coefficient (Wildman–Crippen LogP) is 16.8. The number of furan rings is 2. The maximum Gasteiger partial charge on any atom is 0.143 e. The van der Waals surface area contributed by atoms with Gasteiger partial charge in [0.2, 0.25) is 0 Å². The molecule has 0 atom stereocenters. The van der Waals surface area contributed by atoms with E-state index in [-0.39, 0.29) is 0 Å². The van der Waals surface area contributed by atoms with Crippen LogP contribution in [0.2, 0.25) is 0 Å². The van der Waals surface area contributed by atoms with Crippen molar-refractivity contribution < 1.29 is 8.83 Å². The molecule has 3 nitrogen and oxygen atoms in total. The molecule has 0 aliphatic carbocycles. The number of hydrogen-bond donors (Lipinski definition) is 0. The first-order chi connectivity index (χ1) is 30.2. The lowest BCUT2D eigenvalue weighted by Crippen LogP contribution is -2.10. The molecule has 0 radical (unpaired) electrons. The molecule has 0 N–H and O–H groups in total. The van der Waals surface area contributed by atoms with Crippen LogP contribution in [0.4, 0.5) is 17.1 Å². The second-order valence-corrected chi connectivity index (χ2v) is 15.6. The molecule has 0 amide bonds. The highest BCUT2D eigenvalue weighted by Crippen LogP contribution is 2.42. The molecule has 2 heterocycles. The van der Waals surface area contributed by atoms with Gasteiger partial charge in [-0.05, 0) is 110 Å². The fourth-order valence-electron chi connectivity index (χ4n) is 9.19. The summed E-state index contributed by atoms with van der Waals surface area (Å²) in [4.78, 5) is 2.35. The van der Waals surface area contributed by atoms with Crippen molar-refractivity contribution in [1.82, 2.24) is 0 Å². The number of nitrogens with zero attached hydrogens (tertiary/aromatic N) is 1. The van der Waals surface area contributed by atoms with Gasteiger partial charge in [0.05, 0.1) is 0 Å². The minimum Gasteiger partial charge on any atom is -0.456 e. The van der Waals surface area contributed by atoms with E-state index in [2.05, 4.69) is 205 Å². The van der Waals surface area contributed by atoms with E-state index in [1.165, 1.54) is 21.9 Å². The largest absolute Gasteiger partial charge is 0.456 e. The summed E-state index contributed by atoms with van der Waals surface area (Å²) in [6, 6.07) is 80.0. The van der Waals surface area contributed by atoms with Crippen LogP contribution in [0.25, 0.3) is 99.2 Å². The lowest BCUT2D eigenvalue weighted by molar-refractivity contribution is 0.669. The van der Waals surface area contributed by atoms with Gasteiger partial charge in [-0.1, -0.05) is 164 Å². The zero-order valence-corrected chi connectivity index (χ0v) is 33.1. The van der Waals surface area contributed by atoms with Crippen molar-refractivity contribution in [2.75, 3.05) is 4.90 Å². The molecule has 12 aromatic rings. The van der Waals surface area contributed by atoms with E-state index in [1.54, 1.807) is 0 Å². The van der Waals surface area contributed by atoms with Crippen molar-refractivity contribution in [2.24, 2.45) is 0 Å². The molecule has 2 aromatic heterocycles. The maximum atomic E-state index is 6.44. The van der Waals surface area contributed by atoms with E-state index < -0.39 is 0 Å². The molecule has 0 aliphatic rings. The summed E-state index contributed by atoms with van der Waals surface area (Å²) < 4.78 is 12.7. The minimum atomic E-state index is 0.893. The topological polar surface area (TPSA) is 29.5 Å². The Labute approximate surface area is 353 Å². The molecule has 61 heavy (non-hydrogen) atoms. The van der Waals surface area contributed by atoms with Crippen molar-refractivity contribution in [1.29, 1.82) is 0 Å². The number of hydrogen-bond acceptors (Lipinski definition) is 3. The van der Waals surface area contributed by atoms with Gasteiger partial charge in [-0.15, -0.1) is 0 Å². The van der Waals surface area contributed by atoms with Crippen molar-refractivity contribution in [3.8, 4) is 44.5 Å². The van der Waals surface area contributed by atoms with Gasteiger partial charge in [0.15, 0.2) is 0 Å². The average Bonchev–Trinajstić information content (AvgIpc) is 3.91. The number of benzene rings is 10. The molecule has 0 fully saturated rings. The number of anilines is 3. The second-order valence-electron chi connectivity index (χ2n) is 15.6. The number of rotatable bonds is 7. The van der Waals surface area contributed by atoms with Crippen LogP contribution < -0.4 is 4.90 Å². The van der Waals surface area contributed by atoms with Gasteiger partial charge < -0.3 is 13.7 Å². The highest BCUT2D eigenvalue weighted by Gasteiger charge is 2.18. The Balaban J connectivity index is 0.967. The second kappa shape index (κ2) is 14.3. The molecule has 0 bridgehead atoms. The van der Waals surface area contributed by atoms with Gasteiger partial charge in [0.1, 0.15) is 22.3 Å². The Morgan fingerprint density at radius 3 is 1.61 bits per heavy atom. The Kier molecular flexibility index (Phi) is 8.17. The van der Waals surface area contributed by atoms with Crippen LogP contribution in [0.15, 0.2) is 233 Å². The normalized spacial score (nSPS) is 11.6. The number of fused-ring (bicyclic) bond motifs is 7. The van der Waals surface area contributed by atoms with Gasteiger partial charge in [-0.25, -0.2) is 0 Å². The highest BCUT2D eigenvalue weighted by molar-refractivity contribution is 6.13. The zero-order valence-electron chi connectivity index (χ0n) is 33.1. The predicted molar refractivity (Wildman–Crippen MR) is 255 cm³/mol. The lowest BCUT2D eigenvalue weighted by atomic mass is 9.95. The average molecular weight is 780 g/mol. The van der Waals surface area contributed by atoms with Gasteiger partial charge in [0, 0.05) is 44.2 Å². The van der Waals surface area contributed by atoms with Crippen molar-refractivity contribution in [3.05, 3.63) is 224 Å². The third-order valence-corrected chi connectivity index (χ3v) is 12.1. The summed E-state index contributed by atoms with van der Waals surface area (Å²) in [6.45, 7) is 0. The molecular formula is C58H37NO2. The molecule has 0 saturated heterocycles. The summed E-state index contributed by atoms with van der Waals surface area (Å²) in [5.74, 6) is 0. The monoisotopic (exact) mass is 779 g/mol. The van der Waals surface area contributed by atoms with Crippen LogP contribution in [0.5, 0.6) is 0 Å². The zero-order chi connectivity index (χ0) is 40.3. The molecule has 0 aliphatic heterocycles. The van der Waals surface area contributed by atoms with Crippen molar-refractivity contribution in [3.63, 3.8) is 0 Å². The fourth-order valence-corrected chi connectivity index (χ4v) is 9.19. The lowest BCUT2D eigenvalue weighted by Gasteiger charge is -2.26. The summed E-state index contributed by atoms with van der Waals surface area (Å²) >= 11 is 0. The van der Waals surface area contributed by atoms with Crippen LogP contribution in [0.1, 0.15) is 0 Å². The van der Waals surface area contributed by atoms with Gasteiger partial charge in [-0.2, -0.15) is 0 Å². The summed E-state index contributed by atoms with van der Waals surface area (Å²) in [5, 5.41) is 7.01. The molecule has 3 heteroatoms. The molecule has 10 aromatic carbocycles. The van der Waals surface area contributed by atoms with Crippen LogP contribution in [-0.4, -0.2) is 0 Å². The van der Waals surface area contributed by atoms with E-state index in [9.17, 15) is 0 Å². The van der Waals surface area contributed by atoms with Crippen molar-refractivity contribution in [2.45, 2.75) is 0 Å². The van der Waals surface area contributed by atoms with Gasteiger partial charge in [-0.3, -0.25) is 0 Å². The molecule has 12 rings (SSSR count). The first kappa shape index (κ1) is 34.9. The first-order valence-corrected chi connectivity index (χ1v) is 20.7. The van der Waals surface area contributed by atoms with Crippen LogP contribution >= 0.6 is 0 Å². The Morgan fingerprint density at radius 2 is 0.803 bits per heavy atom. The molecule has 0 saturated carbocycles. The van der Waals surface area contributed by atoms with E-state index in [0.717, 1.165) is 94.3 Å². The van der Waals surface area contributed by atoms with Crippen LogP contribution in [0, 0.1) is 0 Å². The summed E-state index contributed by atoms with van der Waals surface area (Å²) in [7, 11) is 0. The van der Waals surface area contributed by atoms with Crippen LogP contribution in [0.3, 0.4) is 0 Å². The minimum absolute atomic E-state index is 0.893. The third-order valence-electron chi connectivity index (χ3n) is 12.1. The first-order valence-electron chi connectivity index (χ1n) is 20.7. The van der Waals surface area contributed by atoms with Gasteiger partial charge >= 0.3 is 0 Å². The molecule has 0 unspecified atom stereocenters. The Bertz CT molecular complexity index is 3590.